The molecule has 0 unspecified atom stereocenters. The maximum absolute atomic E-state index is 12.5. The van der Waals surface area contributed by atoms with Crippen molar-refractivity contribution in [3.05, 3.63) is 63.6 Å². The van der Waals surface area contributed by atoms with E-state index in [0.717, 1.165) is 5.56 Å². The van der Waals surface area contributed by atoms with E-state index in [-0.39, 0.29) is 11.6 Å². The van der Waals surface area contributed by atoms with Gasteiger partial charge in [0, 0.05) is 4.47 Å². The number of methoxy groups -OCH3 is 1. The van der Waals surface area contributed by atoms with Crippen molar-refractivity contribution >= 4 is 27.9 Å². The molecule has 0 heterocycles. The third kappa shape index (κ3) is 5.35. The van der Waals surface area contributed by atoms with Gasteiger partial charge in [-0.1, -0.05) is 46.3 Å². The van der Waals surface area contributed by atoms with E-state index in [1.54, 1.807) is 19.2 Å². The number of nitriles is 1. The fourth-order valence-corrected chi connectivity index (χ4v) is 2.93. The third-order valence-corrected chi connectivity index (χ3v) is 4.58. The van der Waals surface area contributed by atoms with E-state index in [1.807, 2.05) is 50.2 Å². The molecule has 0 saturated heterocycles. The number of halogens is 1. The first-order valence-electron chi connectivity index (χ1n) is 8.48. The Hall–Kier alpha value is -2.78. The molecule has 0 radical (unpaired) electrons. The van der Waals surface area contributed by atoms with Crippen LogP contribution >= 0.6 is 15.9 Å². The van der Waals surface area contributed by atoms with Gasteiger partial charge < -0.3 is 14.8 Å². The van der Waals surface area contributed by atoms with E-state index in [9.17, 15) is 10.1 Å². The second-order valence-corrected chi connectivity index (χ2v) is 6.59. The van der Waals surface area contributed by atoms with Crippen molar-refractivity contribution in [3.8, 4) is 17.6 Å². The van der Waals surface area contributed by atoms with Crippen molar-refractivity contribution < 1.29 is 14.3 Å². The molecule has 140 valence electrons. The fraction of sp³-hybridized carbons (Fsp3) is 0.238. The summed E-state index contributed by atoms with van der Waals surface area (Å²) < 4.78 is 11.6. The Morgan fingerprint density at radius 1 is 1.30 bits per heavy atom. The fourth-order valence-electron chi connectivity index (χ4n) is 2.49. The van der Waals surface area contributed by atoms with Gasteiger partial charge in [0.2, 0.25) is 0 Å². The minimum Gasteiger partial charge on any atom is -0.493 e. The number of carbonyl (C=O) groups is 1. The van der Waals surface area contributed by atoms with E-state index < -0.39 is 5.91 Å². The van der Waals surface area contributed by atoms with E-state index >= 15 is 0 Å². The summed E-state index contributed by atoms with van der Waals surface area (Å²) in [6, 6.07) is 14.8. The molecule has 6 heteroatoms. The molecule has 0 fully saturated rings. The van der Waals surface area contributed by atoms with Gasteiger partial charge in [0.25, 0.3) is 5.91 Å². The second kappa shape index (κ2) is 9.79. The molecule has 1 N–H and O–H groups in total. The van der Waals surface area contributed by atoms with Gasteiger partial charge in [-0.15, -0.1) is 0 Å². The quantitative estimate of drug-likeness (QED) is 0.514. The number of hydrogen-bond acceptors (Lipinski definition) is 4. The summed E-state index contributed by atoms with van der Waals surface area (Å²) in [5.74, 6) is 0.681. The zero-order chi connectivity index (χ0) is 19.8. The van der Waals surface area contributed by atoms with Crippen LogP contribution in [0.25, 0.3) is 6.08 Å². The Morgan fingerprint density at radius 3 is 2.59 bits per heavy atom. The lowest BCUT2D eigenvalue weighted by Crippen LogP contribution is -2.27. The highest BCUT2D eigenvalue weighted by Crippen LogP contribution is 2.34. The van der Waals surface area contributed by atoms with Crippen LogP contribution in [-0.4, -0.2) is 19.6 Å². The Balaban J connectivity index is 2.27. The average molecular weight is 429 g/mol. The van der Waals surface area contributed by atoms with Crippen molar-refractivity contribution in [2.24, 2.45) is 0 Å². The third-order valence-electron chi connectivity index (χ3n) is 3.89. The lowest BCUT2D eigenvalue weighted by Gasteiger charge is -2.14. The molecule has 0 aliphatic rings. The summed E-state index contributed by atoms with van der Waals surface area (Å²) >= 11 is 3.45. The van der Waals surface area contributed by atoms with Gasteiger partial charge in [0.1, 0.15) is 11.6 Å². The summed E-state index contributed by atoms with van der Waals surface area (Å²) in [7, 11) is 1.54. The van der Waals surface area contributed by atoms with Crippen LogP contribution < -0.4 is 14.8 Å². The zero-order valence-electron chi connectivity index (χ0n) is 15.5. The zero-order valence-corrected chi connectivity index (χ0v) is 17.0. The molecular weight excluding hydrogens is 408 g/mol. The highest BCUT2D eigenvalue weighted by atomic mass is 79.9. The van der Waals surface area contributed by atoms with Crippen LogP contribution in [0.5, 0.6) is 11.5 Å². The molecule has 2 aromatic carbocycles. The Kier molecular flexibility index (Phi) is 7.44. The lowest BCUT2D eigenvalue weighted by atomic mass is 10.1. The first kappa shape index (κ1) is 20.5. The Bertz CT molecular complexity index is 873. The highest BCUT2D eigenvalue weighted by molar-refractivity contribution is 9.10. The van der Waals surface area contributed by atoms with Crippen LogP contribution in [0.15, 0.2) is 52.5 Å². The summed E-state index contributed by atoms with van der Waals surface area (Å²) in [5.41, 5.74) is 1.62. The van der Waals surface area contributed by atoms with Crippen LogP contribution in [0.3, 0.4) is 0 Å². The summed E-state index contributed by atoms with van der Waals surface area (Å²) in [6.45, 7) is 4.26. The normalized spacial score (nSPS) is 12.0. The number of ether oxygens (including phenoxy) is 2. The summed E-state index contributed by atoms with van der Waals surface area (Å²) in [4.78, 5) is 12.5. The molecule has 2 rings (SSSR count). The molecule has 1 atom stereocenters. The SMILES string of the molecule is CCOc1cc(Br)c(/C=C(/C#N)C(=O)N[C@@H](C)c2ccccc2)cc1OC. The van der Waals surface area contributed by atoms with Gasteiger partial charge in [-0.2, -0.15) is 5.26 Å². The van der Waals surface area contributed by atoms with Gasteiger partial charge >= 0.3 is 0 Å². The van der Waals surface area contributed by atoms with Crippen molar-refractivity contribution in [1.82, 2.24) is 5.32 Å². The molecule has 0 aliphatic carbocycles. The molecule has 0 aliphatic heterocycles. The number of carbonyl (C=O) groups excluding carboxylic acids is 1. The molecule has 0 bridgehead atoms. The van der Waals surface area contributed by atoms with Gasteiger partial charge in [-0.05, 0) is 43.2 Å². The van der Waals surface area contributed by atoms with Crippen LogP contribution in [-0.2, 0) is 4.79 Å². The number of nitrogens with zero attached hydrogens (tertiary/aromatic N) is 1. The maximum atomic E-state index is 12.5. The van der Waals surface area contributed by atoms with Crippen molar-refractivity contribution in [2.45, 2.75) is 19.9 Å². The molecule has 2 aromatic rings. The van der Waals surface area contributed by atoms with Crippen LogP contribution in [0, 0.1) is 11.3 Å². The molecule has 0 saturated carbocycles. The van der Waals surface area contributed by atoms with E-state index in [0.29, 0.717) is 28.1 Å². The Morgan fingerprint density at radius 2 is 2.00 bits per heavy atom. The number of rotatable bonds is 7. The predicted octanol–water partition coefficient (Wildman–Crippen LogP) is 4.64. The van der Waals surface area contributed by atoms with Crippen molar-refractivity contribution in [3.63, 3.8) is 0 Å². The standard InChI is InChI=1S/C21H21BrN2O3/c1-4-27-20-12-18(22)16(11-19(20)26-3)10-17(13-23)21(25)24-14(2)15-8-6-5-7-9-15/h5-12,14H,4H2,1-3H3,(H,24,25)/b17-10-/t14-/m0/s1. The summed E-state index contributed by atoms with van der Waals surface area (Å²) in [5, 5.41) is 12.3. The van der Waals surface area contributed by atoms with Gasteiger partial charge in [0.05, 0.1) is 19.8 Å². The first-order valence-corrected chi connectivity index (χ1v) is 9.27. The predicted molar refractivity (Wildman–Crippen MR) is 108 cm³/mol. The summed E-state index contributed by atoms with van der Waals surface area (Å²) in [6.07, 6.45) is 1.52. The van der Waals surface area contributed by atoms with Crippen LogP contribution in [0.2, 0.25) is 0 Å². The van der Waals surface area contributed by atoms with Gasteiger partial charge in [-0.25, -0.2) is 0 Å². The molecule has 27 heavy (non-hydrogen) atoms. The Labute approximate surface area is 167 Å². The van der Waals surface area contributed by atoms with E-state index in [4.69, 9.17) is 9.47 Å². The molecule has 0 aromatic heterocycles. The van der Waals surface area contributed by atoms with Crippen LogP contribution in [0.1, 0.15) is 31.0 Å². The molecule has 1 amide bonds. The van der Waals surface area contributed by atoms with Gasteiger partial charge in [-0.3, -0.25) is 4.79 Å². The monoisotopic (exact) mass is 428 g/mol. The lowest BCUT2D eigenvalue weighted by molar-refractivity contribution is -0.117. The molecule has 0 spiro atoms. The van der Waals surface area contributed by atoms with Gasteiger partial charge in [0.15, 0.2) is 11.5 Å². The van der Waals surface area contributed by atoms with E-state index in [1.165, 1.54) is 6.08 Å². The molecular formula is C21H21BrN2O3. The van der Waals surface area contributed by atoms with Crippen LogP contribution in [0.4, 0.5) is 0 Å². The van der Waals surface area contributed by atoms with E-state index in [2.05, 4.69) is 21.2 Å². The van der Waals surface area contributed by atoms with Crippen molar-refractivity contribution in [1.29, 1.82) is 5.26 Å². The topological polar surface area (TPSA) is 71.3 Å². The highest BCUT2D eigenvalue weighted by Gasteiger charge is 2.15. The minimum atomic E-state index is -0.436. The maximum Gasteiger partial charge on any atom is 0.262 e. The largest absolute Gasteiger partial charge is 0.493 e. The number of nitrogens with one attached hydrogen (secondary N) is 1. The molecule has 5 nitrogen and oxygen atoms in total. The number of amides is 1. The average Bonchev–Trinajstić information content (AvgIpc) is 2.68. The number of benzene rings is 2. The minimum absolute atomic E-state index is 0.00435. The van der Waals surface area contributed by atoms with Crippen molar-refractivity contribution in [2.75, 3.05) is 13.7 Å². The second-order valence-electron chi connectivity index (χ2n) is 5.73. The smallest absolute Gasteiger partial charge is 0.262 e. The first-order chi connectivity index (χ1) is 13.0. The number of hydrogen-bond donors (Lipinski definition) is 1.